The van der Waals surface area contributed by atoms with Crippen molar-refractivity contribution in [2.75, 3.05) is 4.43 Å². The van der Waals surface area contributed by atoms with Crippen molar-refractivity contribution in [3.05, 3.63) is 0 Å². The van der Waals surface area contributed by atoms with Crippen LogP contribution in [-0.2, 0) is 9.53 Å². The smallest absolute Gasteiger partial charge is 0.434 e. The molecule has 0 bridgehead atoms. The first-order chi connectivity index (χ1) is 7.32. The topological polar surface area (TPSA) is 26.3 Å². The highest BCUT2D eigenvalue weighted by atomic mass is 127. The molecule has 0 aliphatic carbocycles. The van der Waals surface area contributed by atoms with Gasteiger partial charge in [-0.3, -0.25) is 4.79 Å². The molecule has 1 unspecified atom stereocenters. The first kappa shape index (κ1) is 17.1. The molecule has 0 saturated heterocycles. The van der Waals surface area contributed by atoms with Crippen molar-refractivity contribution in [3.8, 4) is 0 Å². The zero-order valence-electron chi connectivity index (χ0n) is 8.12. The van der Waals surface area contributed by atoms with Crippen LogP contribution in [0.1, 0.15) is 6.92 Å². The summed E-state index contributed by atoms with van der Waals surface area (Å²) in [6.07, 6.45) is -15.6. The number of carbonyl (C=O) groups is 1. The highest BCUT2D eigenvalue weighted by Gasteiger charge is 2.60. The summed E-state index contributed by atoms with van der Waals surface area (Å²) in [6, 6.07) is 0. The summed E-state index contributed by atoms with van der Waals surface area (Å²) in [5.74, 6) is -1.77. The van der Waals surface area contributed by atoms with Gasteiger partial charge in [-0.05, 0) is 6.92 Å². The normalized spacial score (nSPS) is 16.8. The van der Waals surface area contributed by atoms with Crippen molar-refractivity contribution >= 4 is 40.2 Å². The van der Waals surface area contributed by atoms with Crippen molar-refractivity contribution in [2.45, 2.75) is 30.3 Å². The quantitative estimate of drug-likeness (QED) is 0.315. The Kier molecular flexibility index (Phi) is 5.39. The average molecular weight is 398 g/mol. The van der Waals surface area contributed by atoms with Gasteiger partial charge in [0.2, 0.25) is 0 Å². The Morgan fingerprint density at radius 1 is 1.24 bits per heavy atom. The SMILES string of the molecule is CC(Cl)(CI)C(=O)OC(C(F)(F)F)C(F)(F)F. The number of esters is 1. The molecule has 2 nitrogen and oxygen atoms in total. The van der Waals surface area contributed by atoms with E-state index in [1.165, 1.54) is 22.6 Å². The largest absolute Gasteiger partial charge is 0.441 e. The zero-order valence-corrected chi connectivity index (χ0v) is 11.0. The molecule has 10 heteroatoms. The number of carbonyl (C=O) groups excluding carboxylic acids is 1. The van der Waals surface area contributed by atoms with E-state index in [0.29, 0.717) is 0 Å². The minimum absolute atomic E-state index is 0.201. The van der Waals surface area contributed by atoms with E-state index < -0.39 is 29.3 Å². The Labute approximate surface area is 111 Å². The highest BCUT2D eigenvalue weighted by Crippen LogP contribution is 2.37. The summed E-state index contributed by atoms with van der Waals surface area (Å²) in [5.41, 5.74) is 0. The molecule has 0 amide bonds. The Morgan fingerprint density at radius 3 is 1.82 bits per heavy atom. The lowest BCUT2D eigenvalue weighted by Gasteiger charge is -2.26. The van der Waals surface area contributed by atoms with Gasteiger partial charge in [-0.2, -0.15) is 26.3 Å². The van der Waals surface area contributed by atoms with E-state index >= 15 is 0 Å². The van der Waals surface area contributed by atoms with Gasteiger partial charge in [-0.1, -0.05) is 22.6 Å². The first-order valence-corrected chi connectivity index (χ1v) is 5.82. The molecule has 0 radical (unpaired) electrons. The molecule has 0 aromatic rings. The van der Waals surface area contributed by atoms with Crippen LogP contribution in [-0.4, -0.2) is 33.7 Å². The van der Waals surface area contributed by atoms with Crippen molar-refractivity contribution in [1.29, 1.82) is 0 Å². The number of ether oxygens (including phenoxy) is 1. The number of rotatable bonds is 3. The lowest BCUT2D eigenvalue weighted by molar-refractivity contribution is -0.313. The summed E-state index contributed by atoms with van der Waals surface area (Å²) in [7, 11) is 0. The molecule has 0 heterocycles. The number of hydrogen-bond donors (Lipinski definition) is 0. The minimum atomic E-state index is -5.73. The minimum Gasteiger partial charge on any atom is -0.441 e. The van der Waals surface area contributed by atoms with Gasteiger partial charge in [0.15, 0.2) is 0 Å². The molecule has 0 saturated carbocycles. The van der Waals surface area contributed by atoms with Crippen LogP contribution in [0.4, 0.5) is 26.3 Å². The fourth-order valence-electron chi connectivity index (χ4n) is 0.604. The van der Waals surface area contributed by atoms with E-state index in [2.05, 4.69) is 4.74 Å². The molecule has 0 aromatic heterocycles. The molecule has 0 aromatic carbocycles. The maximum Gasteiger partial charge on any atom is 0.434 e. The zero-order chi connectivity index (χ0) is 14.1. The molecule has 17 heavy (non-hydrogen) atoms. The standard InChI is InChI=1S/C7H6ClF6IO2/c1-5(8,2-15)4(16)17-3(6(9,10)11)7(12,13)14/h3H,2H2,1H3. The number of halogens is 8. The van der Waals surface area contributed by atoms with Crippen LogP contribution in [0.25, 0.3) is 0 Å². The second-order valence-corrected chi connectivity index (χ2v) is 4.80. The van der Waals surface area contributed by atoms with Crippen molar-refractivity contribution in [2.24, 2.45) is 0 Å². The van der Waals surface area contributed by atoms with Crippen LogP contribution in [0, 0.1) is 0 Å². The Bertz CT molecular complexity index is 273. The lowest BCUT2D eigenvalue weighted by atomic mass is 10.2. The number of hydrogen-bond acceptors (Lipinski definition) is 2. The van der Waals surface area contributed by atoms with Crippen LogP contribution >= 0.6 is 34.2 Å². The second-order valence-electron chi connectivity index (χ2n) is 3.20. The van der Waals surface area contributed by atoms with E-state index in [9.17, 15) is 31.1 Å². The van der Waals surface area contributed by atoms with Crippen LogP contribution in [0.5, 0.6) is 0 Å². The van der Waals surface area contributed by atoms with Gasteiger partial charge in [0, 0.05) is 4.43 Å². The third kappa shape index (κ3) is 5.06. The molecule has 0 spiro atoms. The van der Waals surface area contributed by atoms with Crippen LogP contribution < -0.4 is 0 Å². The molecule has 0 N–H and O–H groups in total. The van der Waals surface area contributed by atoms with E-state index in [1.807, 2.05) is 0 Å². The van der Waals surface area contributed by atoms with Gasteiger partial charge in [0.1, 0.15) is 4.87 Å². The van der Waals surface area contributed by atoms with E-state index in [1.54, 1.807) is 0 Å². The fraction of sp³-hybridized carbons (Fsp3) is 0.857. The van der Waals surface area contributed by atoms with Gasteiger partial charge in [-0.15, -0.1) is 11.6 Å². The van der Waals surface area contributed by atoms with E-state index in [4.69, 9.17) is 11.6 Å². The highest BCUT2D eigenvalue weighted by molar-refractivity contribution is 14.1. The summed E-state index contributed by atoms with van der Waals surface area (Å²) in [6.45, 7) is 0.965. The van der Waals surface area contributed by atoms with E-state index in [-0.39, 0.29) is 4.43 Å². The van der Waals surface area contributed by atoms with Crippen molar-refractivity contribution in [3.63, 3.8) is 0 Å². The molecule has 0 aliphatic heterocycles. The van der Waals surface area contributed by atoms with Crippen LogP contribution in [0.3, 0.4) is 0 Å². The van der Waals surface area contributed by atoms with E-state index in [0.717, 1.165) is 6.92 Å². The van der Waals surface area contributed by atoms with Crippen molar-refractivity contribution in [1.82, 2.24) is 0 Å². The number of alkyl halides is 8. The van der Waals surface area contributed by atoms with Gasteiger partial charge < -0.3 is 4.74 Å². The summed E-state index contributed by atoms with van der Waals surface area (Å²) in [4.78, 5) is 9.11. The molecular weight excluding hydrogens is 392 g/mol. The third-order valence-electron chi connectivity index (χ3n) is 1.50. The average Bonchev–Trinajstić information content (AvgIpc) is 2.09. The lowest BCUT2D eigenvalue weighted by Crippen LogP contribution is -2.48. The molecule has 102 valence electrons. The fourth-order valence-corrected chi connectivity index (χ4v) is 0.960. The molecule has 1 atom stereocenters. The van der Waals surface area contributed by atoms with Gasteiger partial charge >= 0.3 is 18.3 Å². The molecule has 0 aliphatic rings. The maximum absolute atomic E-state index is 12.0. The van der Waals surface area contributed by atoms with Gasteiger partial charge in [0.05, 0.1) is 0 Å². The first-order valence-electron chi connectivity index (χ1n) is 3.91. The maximum atomic E-state index is 12.0. The monoisotopic (exact) mass is 398 g/mol. The summed E-state index contributed by atoms with van der Waals surface area (Å²) >= 11 is 6.94. The van der Waals surface area contributed by atoms with Gasteiger partial charge in [0.25, 0.3) is 6.10 Å². The second kappa shape index (κ2) is 5.37. The molecule has 0 rings (SSSR count). The predicted octanol–water partition coefficient (Wildman–Crippen LogP) is 3.46. The van der Waals surface area contributed by atoms with Crippen molar-refractivity contribution < 1.29 is 35.9 Å². The Hall–Kier alpha value is 0.0700. The Balaban J connectivity index is 4.99. The third-order valence-corrected chi connectivity index (χ3v) is 3.76. The van der Waals surface area contributed by atoms with Crippen LogP contribution in [0.15, 0.2) is 0 Å². The molecular formula is C7H6ClF6IO2. The van der Waals surface area contributed by atoms with Crippen LogP contribution in [0.2, 0.25) is 0 Å². The predicted molar refractivity (Wildman–Crippen MR) is 55.1 cm³/mol. The molecule has 0 fully saturated rings. The van der Waals surface area contributed by atoms with Gasteiger partial charge in [-0.25, -0.2) is 0 Å². The summed E-state index contributed by atoms with van der Waals surface area (Å²) < 4.78 is 75.4. The Morgan fingerprint density at radius 2 is 1.59 bits per heavy atom. The summed E-state index contributed by atoms with van der Waals surface area (Å²) in [5, 5.41) is 0.